The fourth-order valence-electron chi connectivity index (χ4n) is 1.40. The number of halogens is 2. The van der Waals surface area contributed by atoms with Crippen LogP contribution in [0.15, 0.2) is 46.2 Å². The molecule has 0 heterocycles. The summed E-state index contributed by atoms with van der Waals surface area (Å²) in [4.78, 5) is 1.73. The molecule has 0 bridgehead atoms. The lowest BCUT2D eigenvalue weighted by Gasteiger charge is -2.08. The van der Waals surface area contributed by atoms with Crippen molar-refractivity contribution >= 4 is 29.1 Å². The van der Waals surface area contributed by atoms with Crippen LogP contribution in [0, 0.1) is 12.7 Å². The van der Waals surface area contributed by atoms with Crippen LogP contribution in [0.3, 0.4) is 0 Å². The average molecular weight is 268 g/mol. The van der Waals surface area contributed by atoms with E-state index in [0.717, 1.165) is 9.79 Å². The molecule has 2 aromatic rings. The molecule has 0 aliphatic rings. The highest BCUT2D eigenvalue weighted by molar-refractivity contribution is 7.99. The molecule has 0 aliphatic heterocycles. The number of benzene rings is 2. The van der Waals surface area contributed by atoms with Gasteiger partial charge in [-0.1, -0.05) is 35.5 Å². The van der Waals surface area contributed by atoms with Gasteiger partial charge in [-0.05, 0) is 36.8 Å². The quantitative estimate of drug-likeness (QED) is 0.810. The van der Waals surface area contributed by atoms with Gasteiger partial charge >= 0.3 is 0 Å². The van der Waals surface area contributed by atoms with Crippen LogP contribution in [0.2, 0.25) is 5.02 Å². The Balaban J connectivity index is 2.37. The summed E-state index contributed by atoms with van der Waals surface area (Å²) in [6.07, 6.45) is 0. The molecule has 0 aromatic heterocycles. The van der Waals surface area contributed by atoms with Crippen LogP contribution in [0.5, 0.6) is 0 Å². The zero-order chi connectivity index (χ0) is 12.4. The molecule has 0 fully saturated rings. The molecule has 2 N–H and O–H groups in total. The molecule has 0 aliphatic carbocycles. The van der Waals surface area contributed by atoms with Crippen molar-refractivity contribution in [2.45, 2.75) is 16.7 Å². The zero-order valence-corrected chi connectivity index (χ0v) is 10.8. The first-order chi connectivity index (χ1) is 8.08. The summed E-state index contributed by atoms with van der Waals surface area (Å²) in [6, 6.07) is 10.6. The zero-order valence-electron chi connectivity index (χ0n) is 9.21. The van der Waals surface area contributed by atoms with E-state index in [1.54, 1.807) is 13.0 Å². The van der Waals surface area contributed by atoms with E-state index in [9.17, 15) is 4.39 Å². The van der Waals surface area contributed by atoms with E-state index in [4.69, 9.17) is 17.3 Å². The molecule has 0 saturated heterocycles. The summed E-state index contributed by atoms with van der Waals surface area (Å²) in [5.41, 5.74) is 6.79. The lowest BCUT2D eigenvalue weighted by Crippen LogP contribution is -1.92. The van der Waals surface area contributed by atoms with E-state index in [2.05, 4.69) is 0 Å². The summed E-state index contributed by atoms with van der Waals surface area (Å²) in [6.45, 7) is 1.71. The number of rotatable bonds is 2. The van der Waals surface area contributed by atoms with Gasteiger partial charge in [-0.3, -0.25) is 0 Å². The van der Waals surface area contributed by atoms with Gasteiger partial charge < -0.3 is 5.73 Å². The summed E-state index contributed by atoms with van der Waals surface area (Å²) in [5, 5.41) is 0.666. The van der Waals surface area contributed by atoms with Crippen molar-refractivity contribution in [1.29, 1.82) is 0 Å². The van der Waals surface area contributed by atoms with Crippen molar-refractivity contribution in [2.24, 2.45) is 0 Å². The molecule has 2 rings (SSSR count). The second-order valence-corrected chi connectivity index (χ2v) is 5.16. The SMILES string of the molecule is Cc1cc(Sc2ccccc2Cl)c(N)cc1F. The normalized spacial score (nSPS) is 10.5. The van der Waals surface area contributed by atoms with E-state index in [0.29, 0.717) is 16.3 Å². The number of aryl methyl sites for hydroxylation is 1. The van der Waals surface area contributed by atoms with E-state index >= 15 is 0 Å². The Morgan fingerprint density at radius 2 is 1.88 bits per heavy atom. The lowest BCUT2D eigenvalue weighted by atomic mass is 10.2. The van der Waals surface area contributed by atoms with Gasteiger partial charge in [0, 0.05) is 15.5 Å². The van der Waals surface area contributed by atoms with E-state index in [-0.39, 0.29) is 5.82 Å². The third-order valence-corrected chi connectivity index (χ3v) is 3.94. The number of nitrogen functional groups attached to an aromatic ring is 1. The predicted molar refractivity (Wildman–Crippen MR) is 71.1 cm³/mol. The number of hydrogen-bond donors (Lipinski definition) is 1. The van der Waals surface area contributed by atoms with Gasteiger partial charge in [-0.15, -0.1) is 0 Å². The van der Waals surface area contributed by atoms with Crippen LogP contribution in [-0.2, 0) is 0 Å². The highest BCUT2D eigenvalue weighted by atomic mass is 35.5. The average Bonchev–Trinajstić information content (AvgIpc) is 2.29. The van der Waals surface area contributed by atoms with Crippen LogP contribution in [0.1, 0.15) is 5.56 Å². The fraction of sp³-hybridized carbons (Fsp3) is 0.0769. The maximum Gasteiger partial charge on any atom is 0.128 e. The van der Waals surface area contributed by atoms with E-state index in [1.165, 1.54) is 17.8 Å². The fourth-order valence-corrected chi connectivity index (χ4v) is 2.62. The molecule has 4 heteroatoms. The van der Waals surface area contributed by atoms with Crippen molar-refractivity contribution in [3.8, 4) is 0 Å². The molecule has 17 heavy (non-hydrogen) atoms. The summed E-state index contributed by atoms with van der Waals surface area (Å²) >= 11 is 7.50. The minimum Gasteiger partial charge on any atom is -0.398 e. The molecule has 0 atom stereocenters. The second kappa shape index (κ2) is 4.98. The summed E-state index contributed by atoms with van der Waals surface area (Å²) in [7, 11) is 0. The molecule has 88 valence electrons. The van der Waals surface area contributed by atoms with Gasteiger partial charge in [0.1, 0.15) is 5.82 Å². The highest BCUT2D eigenvalue weighted by Gasteiger charge is 2.08. The van der Waals surface area contributed by atoms with Gasteiger partial charge in [0.15, 0.2) is 0 Å². The van der Waals surface area contributed by atoms with Gasteiger partial charge in [0.25, 0.3) is 0 Å². The van der Waals surface area contributed by atoms with Crippen LogP contribution in [0.4, 0.5) is 10.1 Å². The number of nitrogens with two attached hydrogens (primary N) is 1. The van der Waals surface area contributed by atoms with Crippen LogP contribution >= 0.6 is 23.4 Å². The van der Waals surface area contributed by atoms with Crippen LogP contribution in [-0.4, -0.2) is 0 Å². The molecule has 2 aromatic carbocycles. The standard InChI is InChI=1S/C13H11ClFNS/c1-8-6-13(11(16)7-10(8)15)17-12-5-3-2-4-9(12)14/h2-7H,16H2,1H3. The van der Waals surface area contributed by atoms with Crippen molar-refractivity contribution in [3.63, 3.8) is 0 Å². The number of anilines is 1. The monoisotopic (exact) mass is 267 g/mol. The smallest absolute Gasteiger partial charge is 0.128 e. The Hall–Kier alpha value is -1.19. The highest BCUT2D eigenvalue weighted by Crippen LogP contribution is 2.36. The summed E-state index contributed by atoms with van der Waals surface area (Å²) in [5.74, 6) is -0.286. The minimum absolute atomic E-state index is 0.286. The predicted octanol–water partition coefficient (Wildman–Crippen LogP) is 4.52. The Morgan fingerprint density at radius 3 is 2.59 bits per heavy atom. The molecule has 0 unspecified atom stereocenters. The molecule has 0 radical (unpaired) electrons. The first kappa shape index (κ1) is 12.3. The van der Waals surface area contributed by atoms with Crippen molar-refractivity contribution in [3.05, 3.63) is 52.8 Å². The molecule has 0 spiro atoms. The molecular formula is C13H11ClFNS. The van der Waals surface area contributed by atoms with E-state index in [1.807, 2.05) is 24.3 Å². The Kier molecular flexibility index (Phi) is 3.60. The Morgan fingerprint density at radius 1 is 1.18 bits per heavy atom. The minimum atomic E-state index is -0.286. The van der Waals surface area contributed by atoms with Gasteiger partial charge in [0.05, 0.1) is 5.02 Å². The lowest BCUT2D eigenvalue weighted by molar-refractivity contribution is 0.618. The third-order valence-electron chi connectivity index (χ3n) is 2.35. The first-order valence-electron chi connectivity index (χ1n) is 5.06. The van der Waals surface area contributed by atoms with Gasteiger partial charge in [0.2, 0.25) is 0 Å². The second-order valence-electron chi connectivity index (χ2n) is 3.67. The largest absolute Gasteiger partial charge is 0.398 e. The molecular weight excluding hydrogens is 257 g/mol. The Labute approximate surface area is 109 Å². The van der Waals surface area contributed by atoms with Crippen LogP contribution in [0.25, 0.3) is 0 Å². The number of hydrogen-bond acceptors (Lipinski definition) is 2. The van der Waals surface area contributed by atoms with Crippen LogP contribution < -0.4 is 5.73 Å². The van der Waals surface area contributed by atoms with Gasteiger partial charge in [-0.25, -0.2) is 4.39 Å². The molecule has 0 saturated carbocycles. The maximum atomic E-state index is 13.3. The van der Waals surface area contributed by atoms with Crippen molar-refractivity contribution in [1.82, 2.24) is 0 Å². The van der Waals surface area contributed by atoms with Crippen molar-refractivity contribution < 1.29 is 4.39 Å². The topological polar surface area (TPSA) is 26.0 Å². The first-order valence-corrected chi connectivity index (χ1v) is 6.25. The summed E-state index contributed by atoms with van der Waals surface area (Å²) < 4.78 is 13.3. The third kappa shape index (κ3) is 2.73. The molecule has 0 amide bonds. The Bertz CT molecular complexity index is 557. The van der Waals surface area contributed by atoms with Gasteiger partial charge in [-0.2, -0.15) is 0 Å². The van der Waals surface area contributed by atoms with E-state index < -0.39 is 0 Å². The molecule has 1 nitrogen and oxygen atoms in total. The van der Waals surface area contributed by atoms with Crippen molar-refractivity contribution in [2.75, 3.05) is 5.73 Å². The maximum absolute atomic E-state index is 13.3.